The third-order valence-electron chi connectivity index (χ3n) is 4.12. The van der Waals surface area contributed by atoms with Crippen LogP contribution in [-0.4, -0.2) is 21.4 Å². The first-order valence-electron chi connectivity index (χ1n) is 8.29. The van der Waals surface area contributed by atoms with Gasteiger partial charge in [-0.2, -0.15) is 0 Å². The standard InChI is InChI=1S/C20H15ClF2N2O3S/c1-25(29(27,28)17-8-5-14(21)6-9-17)16-4-2-3-13(11-16)20(26)24-19-10-7-15(22)12-18(19)23/h2-12H,1H3,(H,24,26). The average molecular weight is 437 g/mol. The molecule has 0 radical (unpaired) electrons. The Balaban J connectivity index is 1.86. The minimum atomic E-state index is -3.88. The van der Waals surface area contributed by atoms with Crippen molar-refractivity contribution in [2.45, 2.75) is 4.90 Å². The maximum atomic E-state index is 13.8. The van der Waals surface area contributed by atoms with Gasteiger partial charge >= 0.3 is 0 Å². The minimum Gasteiger partial charge on any atom is -0.319 e. The van der Waals surface area contributed by atoms with Gasteiger partial charge in [-0.25, -0.2) is 17.2 Å². The highest BCUT2D eigenvalue weighted by Crippen LogP contribution is 2.24. The van der Waals surface area contributed by atoms with Gasteiger partial charge in [0.05, 0.1) is 16.3 Å². The molecule has 0 heterocycles. The van der Waals surface area contributed by atoms with Gasteiger partial charge in [0.2, 0.25) is 0 Å². The summed E-state index contributed by atoms with van der Waals surface area (Å²) in [4.78, 5) is 12.5. The summed E-state index contributed by atoms with van der Waals surface area (Å²) in [7, 11) is -2.53. The summed E-state index contributed by atoms with van der Waals surface area (Å²) in [6, 6.07) is 14.3. The van der Waals surface area contributed by atoms with Gasteiger partial charge in [-0.15, -0.1) is 0 Å². The smallest absolute Gasteiger partial charge is 0.264 e. The lowest BCUT2D eigenvalue weighted by Crippen LogP contribution is -2.26. The topological polar surface area (TPSA) is 66.5 Å². The molecule has 0 bridgehead atoms. The molecule has 0 aliphatic rings. The van der Waals surface area contributed by atoms with E-state index in [-0.39, 0.29) is 21.8 Å². The van der Waals surface area contributed by atoms with E-state index in [0.717, 1.165) is 16.4 Å². The van der Waals surface area contributed by atoms with Gasteiger partial charge in [0.25, 0.3) is 15.9 Å². The molecule has 9 heteroatoms. The molecule has 3 aromatic rings. The van der Waals surface area contributed by atoms with Crippen molar-refractivity contribution >= 4 is 38.9 Å². The van der Waals surface area contributed by atoms with Crippen molar-refractivity contribution in [3.63, 3.8) is 0 Å². The summed E-state index contributed by atoms with van der Waals surface area (Å²) in [5, 5.41) is 2.73. The molecule has 3 aromatic carbocycles. The highest BCUT2D eigenvalue weighted by Gasteiger charge is 2.22. The molecule has 0 aliphatic carbocycles. The summed E-state index contributed by atoms with van der Waals surface area (Å²) < 4.78 is 53.4. The Morgan fingerprint density at radius 3 is 2.34 bits per heavy atom. The highest BCUT2D eigenvalue weighted by molar-refractivity contribution is 7.92. The van der Waals surface area contributed by atoms with E-state index in [9.17, 15) is 22.0 Å². The molecule has 0 spiro atoms. The van der Waals surface area contributed by atoms with Gasteiger partial charge in [-0.1, -0.05) is 17.7 Å². The van der Waals surface area contributed by atoms with E-state index in [0.29, 0.717) is 11.1 Å². The van der Waals surface area contributed by atoms with E-state index >= 15 is 0 Å². The van der Waals surface area contributed by atoms with Crippen LogP contribution in [0.3, 0.4) is 0 Å². The Bertz CT molecular complexity index is 1170. The van der Waals surface area contributed by atoms with E-state index in [2.05, 4.69) is 5.32 Å². The van der Waals surface area contributed by atoms with Crippen molar-refractivity contribution < 1.29 is 22.0 Å². The lowest BCUT2D eigenvalue weighted by molar-refractivity contribution is 0.102. The lowest BCUT2D eigenvalue weighted by atomic mass is 10.2. The highest BCUT2D eigenvalue weighted by atomic mass is 35.5. The van der Waals surface area contributed by atoms with Crippen LogP contribution in [0.4, 0.5) is 20.2 Å². The van der Waals surface area contributed by atoms with E-state index < -0.39 is 27.6 Å². The molecule has 0 aliphatic heterocycles. The zero-order valence-electron chi connectivity index (χ0n) is 15.1. The summed E-state index contributed by atoms with van der Waals surface area (Å²) in [6.07, 6.45) is 0. The second-order valence-corrected chi connectivity index (χ2v) is 8.46. The number of hydrogen-bond acceptors (Lipinski definition) is 3. The number of anilines is 2. The molecule has 5 nitrogen and oxygen atoms in total. The second-order valence-electron chi connectivity index (χ2n) is 6.06. The van der Waals surface area contributed by atoms with Gasteiger partial charge < -0.3 is 5.32 Å². The molecule has 29 heavy (non-hydrogen) atoms. The van der Waals surface area contributed by atoms with Gasteiger partial charge in [-0.3, -0.25) is 9.10 Å². The van der Waals surface area contributed by atoms with Crippen molar-refractivity contribution in [1.29, 1.82) is 0 Å². The van der Waals surface area contributed by atoms with Crippen LogP contribution in [0.15, 0.2) is 71.6 Å². The molecule has 1 amide bonds. The Morgan fingerprint density at radius 1 is 1.00 bits per heavy atom. The van der Waals surface area contributed by atoms with Gasteiger partial charge in [0.1, 0.15) is 11.6 Å². The van der Waals surface area contributed by atoms with Crippen LogP contribution in [0, 0.1) is 11.6 Å². The van der Waals surface area contributed by atoms with Crippen LogP contribution in [0.5, 0.6) is 0 Å². The molecular formula is C20H15ClF2N2O3S. The molecule has 0 atom stereocenters. The van der Waals surface area contributed by atoms with Crippen LogP contribution in [-0.2, 0) is 10.0 Å². The fourth-order valence-corrected chi connectivity index (χ4v) is 3.85. The molecule has 0 aromatic heterocycles. The Labute approximate surface area is 171 Å². The first kappa shape index (κ1) is 20.8. The van der Waals surface area contributed by atoms with Crippen LogP contribution >= 0.6 is 11.6 Å². The fourth-order valence-electron chi connectivity index (χ4n) is 2.53. The van der Waals surface area contributed by atoms with Crippen molar-refractivity contribution in [3.8, 4) is 0 Å². The van der Waals surface area contributed by atoms with E-state index in [1.54, 1.807) is 0 Å². The quantitative estimate of drug-likeness (QED) is 0.630. The Morgan fingerprint density at radius 2 is 1.69 bits per heavy atom. The molecule has 3 rings (SSSR count). The van der Waals surface area contributed by atoms with Crippen molar-refractivity contribution in [2.75, 3.05) is 16.7 Å². The summed E-state index contributed by atoms with van der Waals surface area (Å²) in [6.45, 7) is 0. The zero-order chi connectivity index (χ0) is 21.2. The van der Waals surface area contributed by atoms with E-state index in [4.69, 9.17) is 11.6 Å². The van der Waals surface area contributed by atoms with Crippen molar-refractivity contribution in [2.24, 2.45) is 0 Å². The average Bonchev–Trinajstić information content (AvgIpc) is 2.70. The van der Waals surface area contributed by atoms with Crippen LogP contribution in [0.25, 0.3) is 0 Å². The molecule has 0 saturated heterocycles. The molecule has 0 saturated carbocycles. The predicted molar refractivity (Wildman–Crippen MR) is 108 cm³/mol. The molecular weight excluding hydrogens is 422 g/mol. The maximum Gasteiger partial charge on any atom is 0.264 e. The fraction of sp³-hybridized carbons (Fsp3) is 0.0500. The van der Waals surface area contributed by atoms with Crippen LogP contribution < -0.4 is 9.62 Å². The molecule has 0 fully saturated rings. The predicted octanol–water partition coefficient (Wildman–Crippen LogP) is 4.70. The van der Waals surface area contributed by atoms with Crippen molar-refractivity contribution in [1.82, 2.24) is 0 Å². The number of nitrogens with one attached hydrogen (secondary N) is 1. The molecule has 150 valence electrons. The van der Waals surface area contributed by atoms with Crippen molar-refractivity contribution in [3.05, 3.63) is 89.0 Å². The first-order valence-corrected chi connectivity index (χ1v) is 10.1. The lowest BCUT2D eigenvalue weighted by Gasteiger charge is -2.20. The Hall–Kier alpha value is -2.97. The number of benzene rings is 3. The number of hydrogen-bond donors (Lipinski definition) is 1. The third-order valence-corrected chi connectivity index (χ3v) is 6.18. The number of halogens is 3. The summed E-state index contributed by atoms with van der Waals surface area (Å²) in [5.74, 6) is -2.36. The van der Waals surface area contributed by atoms with E-state index in [1.165, 1.54) is 55.6 Å². The molecule has 1 N–H and O–H groups in total. The van der Waals surface area contributed by atoms with Gasteiger partial charge in [0.15, 0.2) is 0 Å². The Kier molecular flexibility index (Phi) is 5.86. The number of sulfonamides is 1. The number of amides is 1. The first-order chi connectivity index (χ1) is 13.7. The summed E-state index contributed by atoms with van der Waals surface area (Å²) >= 11 is 5.80. The largest absolute Gasteiger partial charge is 0.319 e. The number of nitrogens with zero attached hydrogens (tertiary/aromatic N) is 1. The number of rotatable bonds is 5. The molecule has 0 unspecified atom stereocenters. The SMILES string of the molecule is CN(c1cccc(C(=O)Nc2ccc(F)cc2F)c1)S(=O)(=O)c1ccc(Cl)cc1. The van der Waals surface area contributed by atoms with Gasteiger partial charge in [-0.05, 0) is 54.6 Å². The number of carbonyl (C=O) groups is 1. The van der Waals surface area contributed by atoms with Crippen LogP contribution in [0.2, 0.25) is 5.02 Å². The maximum absolute atomic E-state index is 13.8. The monoisotopic (exact) mass is 436 g/mol. The summed E-state index contributed by atoms with van der Waals surface area (Å²) in [5.41, 5.74) is 0.139. The zero-order valence-corrected chi connectivity index (χ0v) is 16.6. The second kappa shape index (κ2) is 8.18. The number of carbonyl (C=O) groups excluding carboxylic acids is 1. The minimum absolute atomic E-state index is 0.0348. The van der Waals surface area contributed by atoms with Crippen LogP contribution in [0.1, 0.15) is 10.4 Å². The normalized spacial score (nSPS) is 11.2. The van der Waals surface area contributed by atoms with Gasteiger partial charge in [0, 0.05) is 23.7 Å². The third kappa shape index (κ3) is 4.55. The van der Waals surface area contributed by atoms with E-state index in [1.807, 2.05) is 0 Å².